The van der Waals surface area contributed by atoms with E-state index in [0.29, 0.717) is 238 Å². The third-order valence-corrected chi connectivity index (χ3v) is 7.85. The van der Waals surface area contributed by atoms with E-state index in [2.05, 4.69) is 9.47 Å². The molecule has 404 valence electrons. The van der Waals surface area contributed by atoms with Gasteiger partial charge in [-0.15, -0.1) is 12.8 Å². The maximum atomic E-state index is 10.8. The highest BCUT2D eigenvalue weighted by atomic mass is 16.6. The van der Waals surface area contributed by atoms with Crippen LogP contribution >= 0.6 is 0 Å². The summed E-state index contributed by atoms with van der Waals surface area (Å²) in [5, 5.41) is 0. The first-order valence-electron chi connectivity index (χ1n) is 23.4. The van der Waals surface area contributed by atoms with Gasteiger partial charge in [-0.2, -0.15) is 0 Å². The Labute approximate surface area is 409 Å². The lowest BCUT2D eigenvalue weighted by molar-refractivity contribution is -0.139. The monoisotopic (exact) mass is 1000 g/mol. The summed E-state index contributed by atoms with van der Waals surface area (Å²) in [5.74, 6) is 2.31. The molecule has 0 amide bonds. The number of terminal acetylenes is 2. The van der Waals surface area contributed by atoms with Crippen molar-refractivity contribution in [1.29, 1.82) is 0 Å². The SMILES string of the molecule is C#CC(=O)OCCOCCOCCOCCOCCOCCOCCOCCOCCOCCOCCOCCOCCOCCOCCOCCOCCOCCOCCOCCOC(=O)C#C. The largest absolute Gasteiger partial charge is 0.454 e. The Hall–Kier alpha value is -2.70. The van der Waals surface area contributed by atoms with Gasteiger partial charge in [0.05, 0.1) is 251 Å². The van der Waals surface area contributed by atoms with Crippen molar-refractivity contribution in [2.45, 2.75) is 0 Å². The fourth-order valence-electron chi connectivity index (χ4n) is 4.53. The molecule has 0 fully saturated rings. The third-order valence-electron chi connectivity index (χ3n) is 7.85. The van der Waals surface area contributed by atoms with Crippen LogP contribution in [0.4, 0.5) is 0 Å². The van der Waals surface area contributed by atoms with E-state index in [0.717, 1.165) is 0 Å². The fourth-order valence-corrected chi connectivity index (χ4v) is 4.53. The minimum Gasteiger partial charge on any atom is -0.454 e. The minimum atomic E-state index is -0.702. The van der Waals surface area contributed by atoms with E-state index in [1.165, 1.54) is 0 Å². The first kappa shape index (κ1) is 66.3. The van der Waals surface area contributed by atoms with Gasteiger partial charge in [0, 0.05) is 11.8 Å². The highest BCUT2D eigenvalue weighted by Gasteiger charge is 2.00. The Kier molecular flexibility index (Phi) is 59.0. The molecule has 23 heteroatoms. The van der Waals surface area contributed by atoms with Gasteiger partial charge in [0.1, 0.15) is 13.2 Å². The van der Waals surface area contributed by atoms with E-state index in [4.69, 9.17) is 103 Å². The molecular formula is C46H82O23. The molecule has 0 saturated heterocycles. The van der Waals surface area contributed by atoms with Crippen LogP contribution < -0.4 is 0 Å². The molecule has 0 spiro atoms. The summed E-state index contributed by atoms with van der Waals surface area (Å²) in [6.45, 7) is 17.5. The van der Waals surface area contributed by atoms with Crippen molar-refractivity contribution < 1.29 is 109 Å². The van der Waals surface area contributed by atoms with E-state index in [-0.39, 0.29) is 26.4 Å². The molecule has 0 aromatic rings. The molecule has 69 heavy (non-hydrogen) atoms. The summed E-state index contributed by atoms with van der Waals surface area (Å²) < 4.78 is 113. The highest BCUT2D eigenvalue weighted by molar-refractivity contribution is 5.87. The number of carbonyl (C=O) groups is 2. The predicted octanol–water partition coefficient (Wildman–Crippen LogP) is -0.345. The first-order valence-corrected chi connectivity index (χ1v) is 23.4. The summed E-state index contributed by atoms with van der Waals surface area (Å²) in [7, 11) is 0. The molecule has 0 atom stereocenters. The number of hydrogen-bond acceptors (Lipinski definition) is 23. The van der Waals surface area contributed by atoms with Crippen molar-refractivity contribution >= 4 is 11.9 Å². The van der Waals surface area contributed by atoms with Gasteiger partial charge < -0.3 is 99.5 Å². The van der Waals surface area contributed by atoms with Crippen molar-refractivity contribution in [3.8, 4) is 24.7 Å². The second-order valence-electron chi connectivity index (χ2n) is 13.2. The van der Waals surface area contributed by atoms with Crippen molar-refractivity contribution in [3.63, 3.8) is 0 Å². The third kappa shape index (κ3) is 61.4. The summed E-state index contributed by atoms with van der Waals surface area (Å²) in [5.41, 5.74) is 0. The Morgan fingerprint density at radius 1 is 0.188 bits per heavy atom. The normalized spacial score (nSPS) is 11.2. The second-order valence-corrected chi connectivity index (χ2v) is 13.2. The summed E-state index contributed by atoms with van der Waals surface area (Å²) in [6.07, 6.45) is 9.77. The molecule has 0 bridgehead atoms. The van der Waals surface area contributed by atoms with Gasteiger partial charge in [-0.1, -0.05) is 0 Å². The molecule has 0 N–H and O–H groups in total. The zero-order chi connectivity index (χ0) is 49.7. The van der Waals surface area contributed by atoms with Gasteiger partial charge in [0.2, 0.25) is 0 Å². The zero-order valence-electron chi connectivity index (χ0n) is 40.8. The second kappa shape index (κ2) is 61.4. The van der Waals surface area contributed by atoms with Crippen molar-refractivity contribution in [3.05, 3.63) is 0 Å². The van der Waals surface area contributed by atoms with E-state index in [9.17, 15) is 9.59 Å². The van der Waals surface area contributed by atoms with E-state index >= 15 is 0 Å². The van der Waals surface area contributed by atoms with Gasteiger partial charge in [-0.3, -0.25) is 0 Å². The van der Waals surface area contributed by atoms with Gasteiger partial charge in [-0.25, -0.2) is 9.59 Å². The average molecular weight is 1000 g/mol. The topological polar surface area (TPSA) is 228 Å². The molecule has 0 aromatic carbocycles. The average Bonchev–Trinajstić information content (AvgIpc) is 3.36. The van der Waals surface area contributed by atoms with Crippen LogP contribution in [-0.4, -0.2) is 276 Å². The predicted molar refractivity (Wildman–Crippen MR) is 245 cm³/mol. The number of ether oxygens (including phenoxy) is 21. The van der Waals surface area contributed by atoms with Crippen LogP contribution in [0.25, 0.3) is 0 Å². The lowest BCUT2D eigenvalue weighted by atomic mass is 10.6. The molecule has 0 aliphatic carbocycles. The quantitative estimate of drug-likeness (QED) is 0.0329. The summed E-state index contributed by atoms with van der Waals surface area (Å²) >= 11 is 0. The Bertz CT molecular complexity index is 1040. The standard InChI is InChI=1S/C46H82O23/c1-3-45(47)68-43-41-66-39-37-64-35-33-62-31-29-60-27-25-58-23-21-56-19-17-54-15-13-52-11-9-50-7-5-49-6-8-51-10-12-53-14-16-55-18-20-57-22-24-59-26-28-61-30-32-63-34-36-65-38-40-67-42-44-69-46(48)4-2/h1-2H,5-44H2. The van der Waals surface area contributed by atoms with Crippen LogP contribution in [0.3, 0.4) is 0 Å². The van der Waals surface area contributed by atoms with Crippen molar-refractivity contribution in [1.82, 2.24) is 0 Å². The van der Waals surface area contributed by atoms with Crippen LogP contribution in [0.5, 0.6) is 0 Å². The van der Waals surface area contributed by atoms with Crippen LogP contribution in [0.1, 0.15) is 0 Å². The van der Waals surface area contributed by atoms with Crippen LogP contribution in [0.2, 0.25) is 0 Å². The Morgan fingerprint density at radius 2 is 0.275 bits per heavy atom. The lowest BCUT2D eigenvalue weighted by Crippen LogP contribution is -2.16. The van der Waals surface area contributed by atoms with Crippen molar-refractivity contribution in [2.75, 3.05) is 264 Å². The molecule has 0 heterocycles. The molecule has 0 saturated carbocycles. The number of carbonyl (C=O) groups excluding carboxylic acids is 2. The van der Waals surface area contributed by atoms with Gasteiger partial charge in [-0.05, 0) is 0 Å². The molecule has 0 unspecified atom stereocenters. The summed E-state index contributed by atoms with van der Waals surface area (Å²) in [4.78, 5) is 21.5. The maximum absolute atomic E-state index is 10.8. The molecule has 23 nitrogen and oxygen atoms in total. The van der Waals surface area contributed by atoms with Gasteiger partial charge in [0.15, 0.2) is 0 Å². The Balaban J connectivity index is 3.09. The van der Waals surface area contributed by atoms with Gasteiger partial charge in [0.25, 0.3) is 0 Å². The smallest absolute Gasteiger partial charge is 0.384 e. The van der Waals surface area contributed by atoms with Crippen LogP contribution in [0.15, 0.2) is 0 Å². The molecule has 0 rings (SSSR count). The molecule has 0 aliphatic heterocycles. The fraction of sp³-hybridized carbons (Fsp3) is 0.870. The number of rotatable bonds is 60. The number of esters is 2. The molecule has 0 aromatic heterocycles. The molecule has 0 radical (unpaired) electrons. The Morgan fingerprint density at radius 3 is 0.362 bits per heavy atom. The van der Waals surface area contributed by atoms with Crippen molar-refractivity contribution in [2.24, 2.45) is 0 Å². The van der Waals surface area contributed by atoms with E-state index in [1.807, 2.05) is 11.8 Å². The summed E-state index contributed by atoms with van der Waals surface area (Å²) in [6, 6.07) is 0. The maximum Gasteiger partial charge on any atom is 0.384 e. The van der Waals surface area contributed by atoms with E-state index < -0.39 is 11.9 Å². The van der Waals surface area contributed by atoms with Gasteiger partial charge >= 0.3 is 11.9 Å². The first-order chi connectivity index (χ1) is 34.2. The zero-order valence-corrected chi connectivity index (χ0v) is 40.8. The molecule has 0 aliphatic rings. The van der Waals surface area contributed by atoms with E-state index in [1.54, 1.807) is 0 Å². The minimum absolute atomic E-state index is 0.118. The van der Waals surface area contributed by atoms with Crippen LogP contribution in [0, 0.1) is 24.7 Å². The molecular weight excluding hydrogens is 920 g/mol. The van der Waals surface area contributed by atoms with Crippen LogP contribution in [-0.2, 0) is 109 Å². The lowest BCUT2D eigenvalue weighted by Gasteiger charge is -2.09. The highest BCUT2D eigenvalue weighted by Crippen LogP contribution is 1.90. The number of hydrogen-bond donors (Lipinski definition) is 0.